The molecule has 1 aromatic rings. The van der Waals surface area contributed by atoms with Gasteiger partial charge in [0.1, 0.15) is 5.69 Å². The first kappa shape index (κ1) is 13.4. The average Bonchev–Trinajstić information content (AvgIpc) is 2.23. The fourth-order valence-corrected chi connectivity index (χ4v) is 1.83. The topological polar surface area (TPSA) is 115 Å². The molecule has 7 nitrogen and oxygen atoms in total. The number of para-hydroxylation sites is 2. The van der Waals surface area contributed by atoms with Gasteiger partial charge in [-0.05, 0) is 12.5 Å². The molecule has 0 aliphatic carbocycles. The van der Waals surface area contributed by atoms with Crippen LogP contribution in [0.2, 0.25) is 0 Å². The van der Waals surface area contributed by atoms with Gasteiger partial charge in [-0.15, -0.1) is 0 Å². The van der Waals surface area contributed by atoms with Crippen molar-refractivity contribution in [2.24, 2.45) is 5.14 Å². The van der Waals surface area contributed by atoms with Gasteiger partial charge in [0.15, 0.2) is 0 Å². The van der Waals surface area contributed by atoms with Crippen molar-refractivity contribution in [2.45, 2.75) is 6.42 Å². The number of nitro benzene ring substituents is 1. The smallest absolute Gasteiger partial charge is 0.292 e. The predicted octanol–water partition coefficient (Wildman–Crippen LogP) is 0.685. The maximum Gasteiger partial charge on any atom is 0.292 e. The van der Waals surface area contributed by atoms with Crippen LogP contribution in [-0.2, 0) is 10.0 Å². The van der Waals surface area contributed by atoms with Crippen LogP contribution in [0.15, 0.2) is 24.3 Å². The van der Waals surface area contributed by atoms with Crippen LogP contribution in [-0.4, -0.2) is 25.6 Å². The van der Waals surface area contributed by atoms with Crippen LogP contribution in [0.3, 0.4) is 0 Å². The van der Waals surface area contributed by atoms with Crippen LogP contribution in [0, 0.1) is 10.1 Å². The standard InChI is InChI=1S/C9H13N3O4S/c10-17(15,16)7-3-6-11-8-4-1-2-5-9(8)12(13)14/h1-2,4-5,11H,3,6-7H2,(H2,10,15,16). The van der Waals surface area contributed by atoms with E-state index in [1.165, 1.54) is 6.07 Å². The molecule has 0 bridgehead atoms. The molecular weight excluding hydrogens is 246 g/mol. The number of benzene rings is 1. The quantitative estimate of drug-likeness (QED) is 0.443. The number of nitrogens with two attached hydrogens (primary N) is 1. The van der Waals surface area contributed by atoms with Crippen molar-refractivity contribution in [2.75, 3.05) is 17.6 Å². The second-order valence-corrected chi connectivity index (χ2v) is 5.16. The van der Waals surface area contributed by atoms with E-state index in [1.807, 2.05) is 0 Å². The molecule has 94 valence electrons. The Hall–Kier alpha value is -1.67. The molecule has 0 aliphatic heterocycles. The monoisotopic (exact) mass is 259 g/mol. The molecule has 0 unspecified atom stereocenters. The zero-order valence-electron chi connectivity index (χ0n) is 9.00. The van der Waals surface area contributed by atoms with Gasteiger partial charge in [-0.1, -0.05) is 12.1 Å². The van der Waals surface area contributed by atoms with Gasteiger partial charge in [0.25, 0.3) is 5.69 Å². The van der Waals surface area contributed by atoms with E-state index in [1.54, 1.807) is 18.2 Å². The zero-order valence-corrected chi connectivity index (χ0v) is 9.81. The summed E-state index contributed by atoms with van der Waals surface area (Å²) in [6.07, 6.45) is 0.297. The lowest BCUT2D eigenvalue weighted by molar-refractivity contribution is -0.384. The fraction of sp³-hybridized carbons (Fsp3) is 0.333. The molecule has 0 amide bonds. The van der Waals surface area contributed by atoms with E-state index >= 15 is 0 Å². The first-order valence-electron chi connectivity index (χ1n) is 4.88. The number of primary sulfonamides is 1. The molecular formula is C9H13N3O4S. The lowest BCUT2D eigenvalue weighted by Gasteiger charge is -2.05. The number of nitrogens with one attached hydrogen (secondary N) is 1. The highest BCUT2D eigenvalue weighted by atomic mass is 32.2. The van der Waals surface area contributed by atoms with Crippen molar-refractivity contribution in [3.05, 3.63) is 34.4 Å². The van der Waals surface area contributed by atoms with Gasteiger partial charge in [-0.2, -0.15) is 0 Å². The van der Waals surface area contributed by atoms with Crippen LogP contribution < -0.4 is 10.5 Å². The number of nitrogens with zero attached hydrogens (tertiary/aromatic N) is 1. The van der Waals surface area contributed by atoms with E-state index in [-0.39, 0.29) is 11.4 Å². The van der Waals surface area contributed by atoms with Crippen molar-refractivity contribution in [1.29, 1.82) is 0 Å². The Bertz CT molecular complexity index is 501. The van der Waals surface area contributed by atoms with Gasteiger partial charge >= 0.3 is 0 Å². The molecule has 0 aromatic heterocycles. The van der Waals surface area contributed by atoms with Gasteiger partial charge in [0.05, 0.1) is 10.7 Å². The molecule has 0 heterocycles. The van der Waals surface area contributed by atoms with Crippen LogP contribution in [0.5, 0.6) is 0 Å². The third kappa shape index (κ3) is 4.79. The first-order chi connectivity index (χ1) is 7.90. The number of anilines is 1. The molecule has 17 heavy (non-hydrogen) atoms. The molecule has 0 radical (unpaired) electrons. The molecule has 0 saturated carbocycles. The molecule has 0 saturated heterocycles. The third-order valence-electron chi connectivity index (χ3n) is 2.02. The lowest BCUT2D eigenvalue weighted by atomic mass is 10.2. The summed E-state index contributed by atoms with van der Waals surface area (Å²) in [6.45, 7) is 0.307. The summed E-state index contributed by atoms with van der Waals surface area (Å²) in [7, 11) is -3.48. The maximum absolute atomic E-state index is 10.7. The fourth-order valence-electron chi connectivity index (χ4n) is 1.28. The minimum Gasteiger partial charge on any atom is -0.379 e. The molecule has 0 aliphatic rings. The van der Waals surface area contributed by atoms with E-state index in [9.17, 15) is 18.5 Å². The Kier molecular flexibility index (Phi) is 4.41. The summed E-state index contributed by atoms with van der Waals surface area (Å²) in [5, 5.41) is 18.3. The van der Waals surface area contributed by atoms with E-state index < -0.39 is 14.9 Å². The van der Waals surface area contributed by atoms with Crippen molar-refractivity contribution in [1.82, 2.24) is 0 Å². The second kappa shape index (κ2) is 5.60. The minimum atomic E-state index is -3.48. The zero-order chi connectivity index (χ0) is 12.9. The number of hydrogen-bond acceptors (Lipinski definition) is 5. The third-order valence-corrected chi connectivity index (χ3v) is 2.88. The Morgan fingerprint density at radius 2 is 2.00 bits per heavy atom. The predicted molar refractivity (Wildman–Crippen MR) is 64.2 cm³/mol. The van der Waals surface area contributed by atoms with Crippen LogP contribution in [0.1, 0.15) is 6.42 Å². The molecule has 0 atom stereocenters. The summed E-state index contributed by atoms with van der Waals surface area (Å²) in [5.41, 5.74) is 0.329. The van der Waals surface area contributed by atoms with Gasteiger partial charge in [0, 0.05) is 12.6 Å². The first-order valence-corrected chi connectivity index (χ1v) is 6.59. The Morgan fingerprint density at radius 3 is 2.59 bits per heavy atom. The largest absolute Gasteiger partial charge is 0.379 e. The van der Waals surface area contributed by atoms with Crippen molar-refractivity contribution < 1.29 is 13.3 Å². The van der Waals surface area contributed by atoms with Gasteiger partial charge < -0.3 is 5.32 Å². The van der Waals surface area contributed by atoms with E-state index in [0.717, 1.165) is 0 Å². The van der Waals surface area contributed by atoms with Gasteiger partial charge in [-0.3, -0.25) is 10.1 Å². The van der Waals surface area contributed by atoms with E-state index in [2.05, 4.69) is 5.32 Å². The molecule has 8 heteroatoms. The summed E-state index contributed by atoms with van der Waals surface area (Å²) in [5.74, 6) is -0.152. The second-order valence-electron chi connectivity index (χ2n) is 3.42. The molecule has 3 N–H and O–H groups in total. The number of sulfonamides is 1. The van der Waals surface area contributed by atoms with Crippen molar-refractivity contribution >= 4 is 21.4 Å². The van der Waals surface area contributed by atoms with Crippen molar-refractivity contribution in [3.63, 3.8) is 0 Å². The number of nitro groups is 1. The maximum atomic E-state index is 10.7. The summed E-state index contributed by atoms with van der Waals surface area (Å²) < 4.78 is 21.3. The van der Waals surface area contributed by atoms with Crippen molar-refractivity contribution in [3.8, 4) is 0 Å². The normalized spacial score (nSPS) is 11.1. The average molecular weight is 259 g/mol. The molecule has 0 spiro atoms. The molecule has 0 fully saturated rings. The Morgan fingerprint density at radius 1 is 1.35 bits per heavy atom. The number of rotatable bonds is 6. The highest BCUT2D eigenvalue weighted by molar-refractivity contribution is 7.89. The summed E-state index contributed by atoms with van der Waals surface area (Å²) >= 11 is 0. The summed E-state index contributed by atoms with van der Waals surface area (Å²) in [4.78, 5) is 10.2. The van der Waals surface area contributed by atoms with E-state index in [0.29, 0.717) is 18.7 Å². The SMILES string of the molecule is NS(=O)(=O)CCCNc1ccccc1[N+](=O)[O-]. The van der Waals surface area contributed by atoms with Crippen LogP contribution in [0.25, 0.3) is 0 Å². The lowest BCUT2D eigenvalue weighted by Crippen LogP contribution is -2.18. The van der Waals surface area contributed by atoms with E-state index in [4.69, 9.17) is 5.14 Å². The van der Waals surface area contributed by atoms with Gasteiger partial charge in [0.2, 0.25) is 10.0 Å². The molecule has 1 rings (SSSR count). The Labute approximate surface area is 98.8 Å². The van der Waals surface area contributed by atoms with Crippen LogP contribution in [0.4, 0.5) is 11.4 Å². The highest BCUT2D eigenvalue weighted by Crippen LogP contribution is 2.22. The van der Waals surface area contributed by atoms with Gasteiger partial charge in [-0.25, -0.2) is 13.6 Å². The highest BCUT2D eigenvalue weighted by Gasteiger charge is 2.11. The Balaban J connectivity index is 2.55. The summed E-state index contributed by atoms with van der Waals surface area (Å²) in [6, 6.07) is 6.17. The molecule has 1 aromatic carbocycles. The van der Waals surface area contributed by atoms with Crippen LogP contribution >= 0.6 is 0 Å². The number of hydrogen-bond donors (Lipinski definition) is 2. The minimum absolute atomic E-state index is 0.0388.